The van der Waals surface area contributed by atoms with Crippen molar-refractivity contribution in [1.82, 2.24) is 0 Å². The molecule has 1 N–H and O–H groups in total. The van der Waals surface area contributed by atoms with Gasteiger partial charge < -0.3 is 5.11 Å². The molecule has 0 radical (unpaired) electrons. The molecule has 0 bridgehead atoms. The van der Waals surface area contributed by atoms with Crippen molar-refractivity contribution in [2.45, 2.75) is 44.9 Å². The van der Waals surface area contributed by atoms with E-state index in [0.29, 0.717) is 5.92 Å². The second kappa shape index (κ2) is 4.28. The van der Waals surface area contributed by atoms with Crippen LogP contribution < -0.4 is 0 Å². The van der Waals surface area contributed by atoms with Crippen molar-refractivity contribution >= 4 is 5.97 Å². The standard InChI is InChI=1S/C14H18O2/c1-9(2)11-7-6-10-4-3-5-12(14(15)16)13(10)8-11/h6-9,12H,3-5H2,1-2H3,(H,15,16). The molecule has 1 aliphatic rings. The van der Waals surface area contributed by atoms with Crippen molar-refractivity contribution in [1.29, 1.82) is 0 Å². The molecular formula is C14H18O2. The SMILES string of the molecule is CC(C)c1ccc2c(c1)C(C(=O)O)CCC2. The van der Waals surface area contributed by atoms with Crippen LogP contribution in [0.4, 0.5) is 0 Å². The van der Waals surface area contributed by atoms with E-state index >= 15 is 0 Å². The molecule has 2 heteroatoms. The van der Waals surface area contributed by atoms with Crippen LogP contribution in [0.2, 0.25) is 0 Å². The van der Waals surface area contributed by atoms with E-state index in [0.717, 1.165) is 24.8 Å². The van der Waals surface area contributed by atoms with Gasteiger partial charge in [0, 0.05) is 0 Å². The average molecular weight is 218 g/mol. The maximum atomic E-state index is 11.2. The van der Waals surface area contributed by atoms with E-state index in [1.165, 1.54) is 11.1 Å². The fourth-order valence-corrected chi connectivity index (χ4v) is 2.43. The first-order chi connectivity index (χ1) is 7.59. The van der Waals surface area contributed by atoms with Gasteiger partial charge in [-0.05, 0) is 41.9 Å². The van der Waals surface area contributed by atoms with Gasteiger partial charge in [0.25, 0.3) is 0 Å². The molecule has 1 unspecified atom stereocenters. The summed E-state index contributed by atoms with van der Waals surface area (Å²) in [7, 11) is 0. The molecule has 0 heterocycles. The van der Waals surface area contributed by atoms with Crippen LogP contribution in [0.3, 0.4) is 0 Å². The largest absolute Gasteiger partial charge is 0.481 e. The number of hydrogen-bond acceptors (Lipinski definition) is 1. The Kier molecular flexibility index (Phi) is 2.99. The molecule has 2 nitrogen and oxygen atoms in total. The third-order valence-electron chi connectivity index (χ3n) is 3.45. The van der Waals surface area contributed by atoms with Gasteiger partial charge >= 0.3 is 5.97 Å². The molecule has 1 atom stereocenters. The summed E-state index contributed by atoms with van der Waals surface area (Å²) in [6, 6.07) is 6.34. The van der Waals surface area contributed by atoms with Gasteiger partial charge in [0.1, 0.15) is 0 Å². The van der Waals surface area contributed by atoms with E-state index < -0.39 is 5.97 Å². The predicted octanol–water partition coefficient (Wildman–Crippen LogP) is 3.31. The minimum Gasteiger partial charge on any atom is -0.481 e. The van der Waals surface area contributed by atoms with Crippen LogP contribution in [0.5, 0.6) is 0 Å². The number of carboxylic acids is 1. The molecule has 0 fully saturated rings. The third kappa shape index (κ3) is 1.97. The molecule has 0 amide bonds. The van der Waals surface area contributed by atoms with Gasteiger partial charge in [-0.2, -0.15) is 0 Å². The number of benzene rings is 1. The first-order valence-corrected chi connectivity index (χ1v) is 5.95. The Balaban J connectivity index is 2.44. The third-order valence-corrected chi connectivity index (χ3v) is 3.45. The summed E-state index contributed by atoms with van der Waals surface area (Å²) in [5.74, 6) is -0.508. The van der Waals surface area contributed by atoms with Crippen LogP contribution in [-0.2, 0) is 11.2 Å². The van der Waals surface area contributed by atoms with Gasteiger partial charge in [0.2, 0.25) is 0 Å². The van der Waals surface area contributed by atoms with Crippen LogP contribution >= 0.6 is 0 Å². The number of hydrogen-bond donors (Lipinski definition) is 1. The zero-order chi connectivity index (χ0) is 11.7. The lowest BCUT2D eigenvalue weighted by molar-refractivity contribution is -0.139. The van der Waals surface area contributed by atoms with Gasteiger partial charge in [0.15, 0.2) is 0 Å². The normalized spacial score (nSPS) is 19.6. The minimum absolute atomic E-state index is 0.289. The summed E-state index contributed by atoms with van der Waals surface area (Å²) in [6.07, 6.45) is 2.80. The summed E-state index contributed by atoms with van der Waals surface area (Å²) in [5, 5.41) is 9.21. The highest BCUT2D eigenvalue weighted by molar-refractivity contribution is 5.77. The van der Waals surface area contributed by atoms with Crippen LogP contribution in [-0.4, -0.2) is 11.1 Å². The van der Waals surface area contributed by atoms with E-state index in [2.05, 4.69) is 32.0 Å². The molecule has 0 spiro atoms. The van der Waals surface area contributed by atoms with Crippen LogP contribution in [0.25, 0.3) is 0 Å². The molecule has 0 aliphatic heterocycles. The van der Waals surface area contributed by atoms with Gasteiger partial charge in [-0.25, -0.2) is 0 Å². The summed E-state index contributed by atoms with van der Waals surface area (Å²) in [5.41, 5.74) is 3.51. The minimum atomic E-state index is -0.679. The van der Waals surface area contributed by atoms with Crippen molar-refractivity contribution in [3.05, 3.63) is 34.9 Å². The predicted molar refractivity (Wildman–Crippen MR) is 63.8 cm³/mol. The van der Waals surface area contributed by atoms with Gasteiger partial charge in [-0.1, -0.05) is 32.0 Å². The molecule has 0 saturated carbocycles. The highest BCUT2D eigenvalue weighted by atomic mass is 16.4. The Bertz CT molecular complexity index is 407. The topological polar surface area (TPSA) is 37.3 Å². The first-order valence-electron chi connectivity index (χ1n) is 5.95. The van der Waals surface area contributed by atoms with E-state index in [-0.39, 0.29) is 5.92 Å². The van der Waals surface area contributed by atoms with E-state index in [4.69, 9.17) is 0 Å². The highest BCUT2D eigenvalue weighted by Crippen LogP contribution is 2.33. The molecule has 0 saturated heterocycles. The van der Waals surface area contributed by atoms with E-state index in [1.54, 1.807) is 0 Å². The first kappa shape index (κ1) is 11.2. The quantitative estimate of drug-likeness (QED) is 0.826. The lowest BCUT2D eigenvalue weighted by Gasteiger charge is -2.23. The summed E-state index contributed by atoms with van der Waals surface area (Å²) < 4.78 is 0. The van der Waals surface area contributed by atoms with Crippen molar-refractivity contribution in [3.8, 4) is 0 Å². The van der Waals surface area contributed by atoms with Crippen molar-refractivity contribution in [2.24, 2.45) is 0 Å². The van der Waals surface area contributed by atoms with Crippen LogP contribution in [0.15, 0.2) is 18.2 Å². The molecule has 1 aromatic rings. The Hall–Kier alpha value is -1.31. The lowest BCUT2D eigenvalue weighted by atomic mass is 9.81. The molecule has 2 rings (SSSR count). The second-order valence-electron chi connectivity index (χ2n) is 4.90. The Morgan fingerprint density at radius 2 is 2.19 bits per heavy atom. The number of rotatable bonds is 2. The zero-order valence-corrected chi connectivity index (χ0v) is 9.86. The van der Waals surface area contributed by atoms with E-state index in [9.17, 15) is 9.90 Å². The summed E-state index contributed by atoms with van der Waals surface area (Å²) in [6.45, 7) is 4.28. The number of fused-ring (bicyclic) bond motifs is 1. The van der Waals surface area contributed by atoms with Crippen molar-refractivity contribution < 1.29 is 9.90 Å². The molecule has 1 aliphatic carbocycles. The molecule has 0 aromatic heterocycles. The Labute approximate surface area is 96.3 Å². The number of carboxylic acid groups (broad SMARTS) is 1. The summed E-state index contributed by atoms with van der Waals surface area (Å²) in [4.78, 5) is 11.2. The fraction of sp³-hybridized carbons (Fsp3) is 0.500. The fourth-order valence-electron chi connectivity index (χ4n) is 2.43. The molecule has 16 heavy (non-hydrogen) atoms. The number of aliphatic carboxylic acids is 1. The molecule has 1 aromatic carbocycles. The summed E-state index contributed by atoms with van der Waals surface area (Å²) >= 11 is 0. The average Bonchev–Trinajstić information content (AvgIpc) is 2.27. The monoisotopic (exact) mass is 218 g/mol. The van der Waals surface area contributed by atoms with Gasteiger partial charge in [-0.3, -0.25) is 4.79 Å². The smallest absolute Gasteiger partial charge is 0.310 e. The zero-order valence-electron chi connectivity index (χ0n) is 9.86. The Morgan fingerprint density at radius 1 is 1.44 bits per heavy atom. The van der Waals surface area contributed by atoms with Crippen molar-refractivity contribution in [2.75, 3.05) is 0 Å². The molecule has 86 valence electrons. The van der Waals surface area contributed by atoms with Crippen LogP contribution in [0.1, 0.15) is 55.2 Å². The molecular weight excluding hydrogens is 200 g/mol. The van der Waals surface area contributed by atoms with E-state index in [1.807, 2.05) is 0 Å². The van der Waals surface area contributed by atoms with Gasteiger partial charge in [-0.15, -0.1) is 0 Å². The highest BCUT2D eigenvalue weighted by Gasteiger charge is 2.26. The maximum Gasteiger partial charge on any atom is 0.310 e. The van der Waals surface area contributed by atoms with Crippen LogP contribution in [0, 0.1) is 0 Å². The maximum absolute atomic E-state index is 11.2. The van der Waals surface area contributed by atoms with Gasteiger partial charge in [0.05, 0.1) is 5.92 Å². The second-order valence-corrected chi connectivity index (χ2v) is 4.90. The van der Waals surface area contributed by atoms with Crippen molar-refractivity contribution in [3.63, 3.8) is 0 Å². The number of carbonyl (C=O) groups is 1. The lowest BCUT2D eigenvalue weighted by Crippen LogP contribution is -2.18. The Morgan fingerprint density at radius 3 is 2.81 bits per heavy atom. The number of aryl methyl sites for hydroxylation is 1.